The second-order valence-electron chi connectivity index (χ2n) is 7.77. The fraction of sp³-hybridized carbons (Fsp3) is 0.167. The fourth-order valence-corrected chi connectivity index (χ4v) is 4.86. The smallest absolute Gasteiger partial charge is 0.268 e. The summed E-state index contributed by atoms with van der Waals surface area (Å²) in [6.07, 6.45) is 5.19. The van der Waals surface area contributed by atoms with E-state index in [2.05, 4.69) is 10.8 Å². The third kappa shape index (κ3) is 3.97. The minimum Gasteiger partial charge on any atom is -0.312 e. The maximum absolute atomic E-state index is 13.2. The highest BCUT2D eigenvalue weighted by Crippen LogP contribution is 2.35. The second kappa shape index (κ2) is 8.48. The standard InChI is InChI=1S/C24H20N4O4S/c1-15(13-25)17-7-11-19(12-8-17)33(31,32)27-21-4-2-3-20-22(21)24(30)28(23(20)29)18-9-5-16(14-26)6-10-18/h2-5,7-9,11-13,15,25,27H,6,10H2,1H3. The zero-order chi connectivity index (χ0) is 23.8. The number of benzene rings is 2. The van der Waals surface area contributed by atoms with Crippen molar-refractivity contribution < 1.29 is 18.0 Å². The minimum atomic E-state index is -4.03. The molecule has 33 heavy (non-hydrogen) atoms. The van der Waals surface area contributed by atoms with Crippen molar-refractivity contribution in [2.24, 2.45) is 0 Å². The lowest BCUT2D eigenvalue weighted by atomic mass is 10.0. The number of imide groups is 1. The Balaban J connectivity index is 1.66. The molecule has 2 aromatic carbocycles. The SMILES string of the molecule is CC(C=N)c1ccc(S(=O)(=O)Nc2cccc3c2C(=O)N(C2=CC=C(C#N)CC2)C3=O)cc1. The van der Waals surface area contributed by atoms with Gasteiger partial charge in [-0.3, -0.25) is 14.3 Å². The molecule has 0 bridgehead atoms. The first kappa shape index (κ1) is 22.2. The van der Waals surface area contributed by atoms with Gasteiger partial charge in [0, 0.05) is 23.4 Å². The molecule has 9 heteroatoms. The summed E-state index contributed by atoms with van der Waals surface area (Å²) in [6, 6.07) is 12.6. The molecule has 1 aliphatic carbocycles. The summed E-state index contributed by atoms with van der Waals surface area (Å²) in [7, 11) is -4.03. The highest BCUT2D eigenvalue weighted by atomic mass is 32.2. The molecule has 166 valence electrons. The van der Waals surface area contributed by atoms with E-state index in [1.165, 1.54) is 36.5 Å². The summed E-state index contributed by atoms with van der Waals surface area (Å²) >= 11 is 0. The number of fused-ring (bicyclic) bond motifs is 1. The van der Waals surface area contributed by atoms with Gasteiger partial charge in [0.15, 0.2) is 0 Å². The van der Waals surface area contributed by atoms with Gasteiger partial charge in [0.25, 0.3) is 21.8 Å². The number of carbonyl (C=O) groups excluding carboxylic acids is 2. The van der Waals surface area contributed by atoms with Crippen LogP contribution in [0.3, 0.4) is 0 Å². The van der Waals surface area contributed by atoms with Crippen LogP contribution in [-0.2, 0) is 10.0 Å². The van der Waals surface area contributed by atoms with Crippen LogP contribution in [0.5, 0.6) is 0 Å². The summed E-state index contributed by atoms with van der Waals surface area (Å²) < 4.78 is 28.4. The molecule has 0 radical (unpaired) electrons. The average molecular weight is 461 g/mol. The number of allylic oxidation sites excluding steroid dienone is 4. The first-order valence-electron chi connectivity index (χ1n) is 10.2. The van der Waals surface area contributed by atoms with Gasteiger partial charge >= 0.3 is 0 Å². The summed E-state index contributed by atoms with van der Waals surface area (Å²) in [5.74, 6) is -1.28. The van der Waals surface area contributed by atoms with E-state index in [1.807, 2.05) is 6.92 Å². The van der Waals surface area contributed by atoms with Gasteiger partial charge in [0.2, 0.25) is 0 Å². The molecule has 2 aromatic rings. The van der Waals surface area contributed by atoms with E-state index in [1.54, 1.807) is 24.3 Å². The average Bonchev–Trinajstić information content (AvgIpc) is 3.09. The van der Waals surface area contributed by atoms with Gasteiger partial charge in [-0.1, -0.05) is 25.1 Å². The van der Waals surface area contributed by atoms with Crippen molar-refractivity contribution in [3.63, 3.8) is 0 Å². The van der Waals surface area contributed by atoms with Gasteiger partial charge in [0.1, 0.15) is 0 Å². The Labute approximate surface area is 191 Å². The molecule has 0 aromatic heterocycles. The third-order valence-corrected chi connectivity index (χ3v) is 7.07. The molecule has 2 aliphatic rings. The molecule has 0 fully saturated rings. The van der Waals surface area contributed by atoms with Crippen LogP contribution in [0.4, 0.5) is 5.69 Å². The van der Waals surface area contributed by atoms with Gasteiger partial charge in [-0.15, -0.1) is 0 Å². The molecule has 1 unspecified atom stereocenters. The lowest BCUT2D eigenvalue weighted by Crippen LogP contribution is -2.29. The molecule has 1 heterocycles. The summed E-state index contributed by atoms with van der Waals surface area (Å²) in [6.45, 7) is 1.83. The zero-order valence-electron chi connectivity index (χ0n) is 17.7. The van der Waals surface area contributed by atoms with Crippen LogP contribution < -0.4 is 4.72 Å². The quantitative estimate of drug-likeness (QED) is 0.497. The topological polar surface area (TPSA) is 131 Å². The van der Waals surface area contributed by atoms with E-state index >= 15 is 0 Å². The molecule has 0 saturated carbocycles. The summed E-state index contributed by atoms with van der Waals surface area (Å²) in [5.41, 5.74) is 1.96. The first-order valence-corrected chi connectivity index (χ1v) is 11.7. The van der Waals surface area contributed by atoms with Gasteiger partial charge in [-0.25, -0.2) is 13.3 Å². The van der Waals surface area contributed by atoms with Crippen LogP contribution in [0, 0.1) is 16.7 Å². The maximum atomic E-state index is 13.2. The van der Waals surface area contributed by atoms with Crippen molar-refractivity contribution in [3.8, 4) is 6.07 Å². The second-order valence-corrected chi connectivity index (χ2v) is 9.45. The number of amides is 2. The zero-order valence-corrected chi connectivity index (χ0v) is 18.5. The van der Waals surface area contributed by atoms with E-state index in [9.17, 15) is 18.0 Å². The molecule has 2 amide bonds. The maximum Gasteiger partial charge on any atom is 0.268 e. The van der Waals surface area contributed by atoms with Gasteiger partial charge in [-0.2, -0.15) is 5.26 Å². The molecule has 8 nitrogen and oxygen atoms in total. The van der Waals surface area contributed by atoms with Crippen molar-refractivity contribution in [1.82, 2.24) is 4.90 Å². The number of anilines is 1. The number of hydrogen-bond donors (Lipinski definition) is 2. The molecular formula is C24H20N4O4S. The van der Waals surface area contributed by atoms with Crippen LogP contribution in [-0.4, -0.2) is 31.3 Å². The van der Waals surface area contributed by atoms with Crippen LogP contribution in [0.25, 0.3) is 0 Å². The molecule has 1 aliphatic heterocycles. The van der Waals surface area contributed by atoms with Gasteiger partial charge in [0.05, 0.1) is 27.8 Å². The largest absolute Gasteiger partial charge is 0.312 e. The number of carbonyl (C=O) groups is 2. The number of rotatable bonds is 6. The lowest BCUT2D eigenvalue weighted by molar-refractivity contribution is 0.0699. The molecule has 0 saturated heterocycles. The molecule has 1 atom stereocenters. The summed E-state index contributed by atoms with van der Waals surface area (Å²) in [4.78, 5) is 27.2. The number of nitriles is 1. The molecule has 4 rings (SSSR count). The van der Waals surface area contributed by atoms with E-state index < -0.39 is 21.8 Å². The Morgan fingerprint density at radius 2 is 1.82 bits per heavy atom. The van der Waals surface area contributed by atoms with Crippen LogP contribution >= 0.6 is 0 Å². The predicted octanol–water partition coefficient (Wildman–Crippen LogP) is 3.96. The first-order chi connectivity index (χ1) is 15.8. The van der Waals surface area contributed by atoms with Crippen molar-refractivity contribution in [1.29, 1.82) is 10.7 Å². The Morgan fingerprint density at radius 3 is 2.42 bits per heavy atom. The van der Waals surface area contributed by atoms with Crippen molar-refractivity contribution in [2.75, 3.05) is 4.72 Å². The Morgan fingerprint density at radius 1 is 1.09 bits per heavy atom. The van der Waals surface area contributed by atoms with Crippen molar-refractivity contribution in [3.05, 3.63) is 82.6 Å². The Kier molecular flexibility index (Phi) is 5.70. The highest BCUT2D eigenvalue weighted by Gasteiger charge is 2.40. The summed E-state index contributed by atoms with van der Waals surface area (Å²) in [5, 5.41) is 16.4. The molecule has 2 N–H and O–H groups in total. The van der Waals surface area contributed by atoms with Crippen LogP contribution in [0.1, 0.15) is 52.0 Å². The minimum absolute atomic E-state index is 0.00109. The fourth-order valence-electron chi connectivity index (χ4n) is 3.79. The number of nitrogens with zero attached hydrogens (tertiary/aromatic N) is 2. The Bertz CT molecular complexity index is 1380. The van der Waals surface area contributed by atoms with E-state index in [-0.39, 0.29) is 27.6 Å². The number of hydrogen-bond acceptors (Lipinski definition) is 6. The monoisotopic (exact) mass is 460 g/mol. The normalized spacial score (nSPS) is 16.4. The van der Waals surface area contributed by atoms with Crippen molar-refractivity contribution >= 4 is 33.7 Å². The van der Waals surface area contributed by atoms with Crippen LogP contribution in [0.15, 0.2) is 70.8 Å². The predicted molar refractivity (Wildman–Crippen MR) is 122 cm³/mol. The van der Waals surface area contributed by atoms with Crippen LogP contribution in [0.2, 0.25) is 0 Å². The molecular weight excluding hydrogens is 440 g/mol. The highest BCUT2D eigenvalue weighted by molar-refractivity contribution is 7.92. The van der Waals surface area contributed by atoms with E-state index in [0.717, 1.165) is 10.5 Å². The lowest BCUT2D eigenvalue weighted by Gasteiger charge is -2.20. The van der Waals surface area contributed by atoms with Gasteiger partial charge < -0.3 is 5.41 Å². The number of nitrogens with one attached hydrogen (secondary N) is 2. The van der Waals surface area contributed by atoms with Crippen molar-refractivity contribution in [2.45, 2.75) is 30.6 Å². The van der Waals surface area contributed by atoms with Gasteiger partial charge in [-0.05, 0) is 54.8 Å². The number of sulfonamides is 1. The van der Waals surface area contributed by atoms with E-state index in [4.69, 9.17) is 10.7 Å². The third-order valence-electron chi connectivity index (χ3n) is 5.68. The molecule has 0 spiro atoms. The van der Waals surface area contributed by atoms with E-state index in [0.29, 0.717) is 24.1 Å². The Hall–Kier alpha value is -4.03.